The number of phenolic OH excluding ortho intramolecular Hbond substituents is 1. The first kappa shape index (κ1) is 15.9. The number of anilines is 1. The van der Waals surface area contributed by atoms with Crippen molar-refractivity contribution in [3.8, 4) is 5.75 Å². The third-order valence-corrected chi connectivity index (χ3v) is 2.57. The summed E-state index contributed by atoms with van der Waals surface area (Å²) in [5, 5.41) is 11.5. The SMILES string of the molecule is CCOC(=O)CCCCC(=O)Nc1ccc(O)c(F)c1. The highest BCUT2D eigenvalue weighted by Gasteiger charge is 2.07. The molecule has 5 nitrogen and oxygen atoms in total. The molecular formula is C14H18FNO4. The van der Waals surface area contributed by atoms with Crippen LogP contribution in [0.4, 0.5) is 10.1 Å². The van der Waals surface area contributed by atoms with Gasteiger partial charge in [-0.15, -0.1) is 0 Å². The quantitative estimate of drug-likeness (QED) is 0.458. The summed E-state index contributed by atoms with van der Waals surface area (Å²) in [4.78, 5) is 22.6. The predicted molar refractivity (Wildman–Crippen MR) is 71.8 cm³/mol. The minimum Gasteiger partial charge on any atom is -0.505 e. The van der Waals surface area contributed by atoms with Gasteiger partial charge < -0.3 is 15.2 Å². The van der Waals surface area contributed by atoms with Gasteiger partial charge in [0.05, 0.1) is 6.61 Å². The number of hydrogen-bond acceptors (Lipinski definition) is 4. The Hall–Kier alpha value is -2.11. The summed E-state index contributed by atoms with van der Waals surface area (Å²) in [5.41, 5.74) is 0.288. The first-order chi connectivity index (χ1) is 9.52. The molecular weight excluding hydrogens is 265 g/mol. The van der Waals surface area contributed by atoms with Crippen LogP contribution in [0.25, 0.3) is 0 Å². The Labute approximate surface area is 116 Å². The Bertz CT molecular complexity index is 476. The number of carbonyl (C=O) groups excluding carboxylic acids is 2. The minimum atomic E-state index is -0.787. The molecule has 0 saturated heterocycles. The van der Waals surface area contributed by atoms with Gasteiger partial charge in [-0.1, -0.05) is 0 Å². The molecule has 1 rings (SSSR count). The summed E-state index contributed by atoms with van der Waals surface area (Å²) >= 11 is 0. The maximum atomic E-state index is 13.0. The van der Waals surface area contributed by atoms with Crippen molar-refractivity contribution >= 4 is 17.6 Å². The van der Waals surface area contributed by atoms with Gasteiger partial charge in [-0.3, -0.25) is 9.59 Å². The van der Waals surface area contributed by atoms with E-state index in [0.717, 1.165) is 6.07 Å². The van der Waals surface area contributed by atoms with E-state index in [9.17, 15) is 14.0 Å². The van der Waals surface area contributed by atoms with Crippen LogP contribution >= 0.6 is 0 Å². The van der Waals surface area contributed by atoms with Gasteiger partial charge in [0.1, 0.15) is 0 Å². The number of aromatic hydroxyl groups is 1. The van der Waals surface area contributed by atoms with E-state index in [1.165, 1.54) is 12.1 Å². The third kappa shape index (κ3) is 5.69. The first-order valence-electron chi connectivity index (χ1n) is 6.47. The van der Waals surface area contributed by atoms with E-state index in [1.54, 1.807) is 6.92 Å². The molecule has 0 spiro atoms. The maximum Gasteiger partial charge on any atom is 0.305 e. The number of halogens is 1. The van der Waals surface area contributed by atoms with E-state index in [2.05, 4.69) is 5.32 Å². The lowest BCUT2D eigenvalue weighted by Crippen LogP contribution is -2.11. The molecule has 1 aromatic rings. The normalized spacial score (nSPS) is 10.1. The minimum absolute atomic E-state index is 0.238. The van der Waals surface area contributed by atoms with E-state index in [4.69, 9.17) is 9.84 Å². The lowest BCUT2D eigenvalue weighted by Gasteiger charge is -2.06. The smallest absolute Gasteiger partial charge is 0.305 e. The van der Waals surface area contributed by atoms with Crippen LogP contribution in [0.5, 0.6) is 5.75 Å². The average molecular weight is 283 g/mol. The van der Waals surface area contributed by atoms with E-state index in [0.29, 0.717) is 19.4 Å². The number of hydrogen-bond donors (Lipinski definition) is 2. The molecule has 110 valence electrons. The second-order valence-electron chi connectivity index (χ2n) is 4.23. The summed E-state index contributed by atoms with van der Waals surface area (Å²) < 4.78 is 17.8. The number of amides is 1. The van der Waals surface area contributed by atoms with E-state index < -0.39 is 11.6 Å². The van der Waals surface area contributed by atoms with Crippen molar-refractivity contribution < 1.29 is 23.8 Å². The Morgan fingerprint density at radius 2 is 2.00 bits per heavy atom. The van der Waals surface area contributed by atoms with Gasteiger partial charge in [0.2, 0.25) is 5.91 Å². The van der Waals surface area contributed by atoms with Crippen LogP contribution in [0.1, 0.15) is 32.6 Å². The van der Waals surface area contributed by atoms with E-state index in [-0.39, 0.29) is 30.4 Å². The highest BCUT2D eigenvalue weighted by molar-refractivity contribution is 5.90. The number of esters is 1. The molecule has 0 saturated carbocycles. The molecule has 0 bridgehead atoms. The van der Waals surface area contributed by atoms with Gasteiger partial charge in [0.25, 0.3) is 0 Å². The Kier molecular flexibility index (Phi) is 6.49. The zero-order valence-corrected chi connectivity index (χ0v) is 11.3. The average Bonchev–Trinajstić information content (AvgIpc) is 2.39. The Balaban J connectivity index is 2.26. The fraction of sp³-hybridized carbons (Fsp3) is 0.429. The van der Waals surface area contributed by atoms with Crippen LogP contribution in [0.2, 0.25) is 0 Å². The summed E-state index contributed by atoms with van der Waals surface area (Å²) in [6.45, 7) is 2.09. The number of ether oxygens (including phenoxy) is 1. The number of nitrogens with one attached hydrogen (secondary N) is 1. The Morgan fingerprint density at radius 3 is 2.65 bits per heavy atom. The maximum absolute atomic E-state index is 13.0. The molecule has 0 heterocycles. The standard InChI is InChI=1S/C14H18FNO4/c1-2-20-14(19)6-4-3-5-13(18)16-10-7-8-12(17)11(15)9-10/h7-9,17H,2-6H2,1H3,(H,16,18). The molecule has 0 aliphatic carbocycles. The van der Waals surface area contributed by atoms with Crippen LogP contribution in [-0.4, -0.2) is 23.6 Å². The summed E-state index contributed by atoms with van der Waals surface area (Å²) in [6, 6.07) is 3.63. The second-order valence-corrected chi connectivity index (χ2v) is 4.23. The lowest BCUT2D eigenvalue weighted by molar-refractivity contribution is -0.143. The van der Waals surface area contributed by atoms with Crippen LogP contribution in [0.3, 0.4) is 0 Å². The lowest BCUT2D eigenvalue weighted by atomic mass is 10.2. The van der Waals surface area contributed by atoms with Crippen LogP contribution < -0.4 is 5.32 Å². The Morgan fingerprint density at radius 1 is 1.30 bits per heavy atom. The molecule has 0 aromatic heterocycles. The van der Waals surface area contributed by atoms with Gasteiger partial charge in [-0.05, 0) is 31.9 Å². The van der Waals surface area contributed by atoms with Crippen molar-refractivity contribution in [1.82, 2.24) is 0 Å². The number of phenols is 1. The fourth-order valence-electron chi connectivity index (χ4n) is 1.60. The van der Waals surface area contributed by atoms with Crippen molar-refractivity contribution in [3.05, 3.63) is 24.0 Å². The second kappa shape index (κ2) is 8.14. The van der Waals surface area contributed by atoms with Crippen LogP contribution in [0.15, 0.2) is 18.2 Å². The molecule has 0 atom stereocenters. The van der Waals surface area contributed by atoms with Gasteiger partial charge in [-0.2, -0.15) is 0 Å². The number of unbranched alkanes of at least 4 members (excludes halogenated alkanes) is 1. The van der Waals surface area contributed by atoms with E-state index in [1.807, 2.05) is 0 Å². The fourth-order valence-corrected chi connectivity index (χ4v) is 1.60. The third-order valence-electron chi connectivity index (χ3n) is 2.57. The van der Waals surface area contributed by atoms with Crippen LogP contribution in [0, 0.1) is 5.82 Å². The topological polar surface area (TPSA) is 75.6 Å². The molecule has 20 heavy (non-hydrogen) atoms. The number of carbonyl (C=O) groups is 2. The number of benzene rings is 1. The monoisotopic (exact) mass is 283 g/mol. The highest BCUT2D eigenvalue weighted by atomic mass is 19.1. The molecule has 6 heteroatoms. The van der Waals surface area contributed by atoms with Gasteiger partial charge >= 0.3 is 5.97 Å². The van der Waals surface area contributed by atoms with Crippen molar-refractivity contribution in [1.29, 1.82) is 0 Å². The zero-order valence-electron chi connectivity index (χ0n) is 11.3. The predicted octanol–water partition coefficient (Wildman–Crippen LogP) is 2.59. The summed E-state index contributed by atoms with van der Waals surface area (Å²) in [7, 11) is 0. The molecule has 1 aromatic carbocycles. The zero-order chi connectivity index (χ0) is 15.0. The van der Waals surface area contributed by atoms with E-state index >= 15 is 0 Å². The van der Waals surface area contributed by atoms with Crippen LogP contribution in [-0.2, 0) is 14.3 Å². The molecule has 0 fully saturated rings. The first-order valence-corrected chi connectivity index (χ1v) is 6.47. The molecule has 0 aliphatic heterocycles. The van der Waals surface area contributed by atoms with Crippen molar-refractivity contribution in [2.24, 2.45) is 0 Å². The number of rotatable bonds is 7. The van der Waals surface area contributed by atoms with Gasteiger partial charge in [0.15, 0.2) is 11.6 Å². The highest BCUT2D eigenvalue weighted by Crippen LogP contribution is 2.19. The molecule has 1 amide bonds. The molecule has 0 aliphatic rings. The summed E-state index contributed by atoms with van der Waals surface area (Å²) in [5.74, 6) is -1.78. The van der Waals surface area contributed by atoms with Crippen molar-refractivity contribution in [3.63, 3.8) is 0 Å². The summed E-state index contributed by atoms with van der Waals surface area (Å²) in [6.07, 6.45) is 1.64. The van der Waals surface area contributed by atoms with Gasteiger partial charge in [-0.25, -0.2) is 4.39 Å². The van der Waals surface area contributed by atoms with Gasteiger partial charge in [0, 0.05) is 24.6 Å². The molecule has 0 unspecified atom stereocenters. The molecule has 0 radical (unpaired) electrons. The van der Waals surface area contributed by atoms with Crippen molar-refractivity contribution in [2.75, 3.05) is 11.9 Å². The largest absolute Gasteiger partial charge is 0.505 e. The van der Waals surface area contributed by atoms with Crippen molar-refractivity contribution in [2.45, 2.75) is 32.6 Å². The molecule has 2 N–H and O–H groups in total.